The molecule has 0 saturated carbocycles. The summed E-state index contributed by atoms with van der Waals surface area (Å²) in [5, 5.41) is 46.4. The number of aromatic hydroxyl groups is 1. The summed E-state index contributed by atoms with van der Waals surface area (Å²) >= 11 is 0. The van der Waals surface area contributed by atoms with Gasteiger partial charge < -0.3 is 30.1 Å². The van der Waals surface area contributed by atoms with E-state index in [9.17, 15) is 25.2 Å². The molecule has 0 amide bonds. The van der Waals surface area contributed by atoms with Gasteiger partial charge in [0.15, 0.2) is 5.75 Å². The highest BCUT2D eigenvalue weighted by Gasteiger charge is 2.24. The van der Waals surface area contributed by atoms with Gasteiger partial charge >= 0.3 is 0 Å². The number of aromatic nitrogens is 1. The summed E-state index contributed by atoms with van der Waals surface area (Å²) in [6, 6.07) is 1.13. The molecule has 0 radical (unpaired) electrons. The molecule has 0 spiro atoms. The number of hydrogen-bond donors (Lipinski definition) is 5. The maximum Gasteiger partial charge on any atom is 0.223 e. The minimum Gasteiger partial charge on any atom is -0.503 e. The van der Waals surface area contributed by atoms with Crippen LogP contribution in [0.1, 0.15) is 5.69 Å². The van der Waals surface area contributed by atoms with Crippen molar-refractivity contribution >= 4 is 0 Å². The third-order valence-electron chi connectivity index (χ3n) is 2.77. The molecule has 1 heterocycles. The van der Waals surface area contributed by atoms with Gasteiger partial charge in [-0.05, 0) is 6.92 Å². The van der Waals surface area contributed by atoms with E-state index in [1.807, 2.05) is 0 Å². The van der Waals surface area contributed by atoms with E-state index < -0.39 is 36.1 Å². The molecule has 0 aliphatic carbocycles. The molecule has 1 aromatic rings. The van der Waals surface area contributed by atoms with Crippen molar-refractivity contribution in [1.82, 2.24) is 4.57 Å². The topological polar surface area (TPSA) is 123 Å². The zero-order valence-corrected chi connectivity index (χ0v) is 9.89. The Morgan fingerprint density at radius 1 is 1.28 bits per heavy atom. The van der Waals surface area contributed by atoms with Gasteiger partial charge in [-0.2, -0.15) is 0 Å². The molecule has 3 unspecified atom stereocenters. The Balaban J connectivity index is 2.85. The summed E-state index contributed by atoms with van der Waals surface area (Å²) in [5.74, 6) is -0.429. The lowest BCUT2D eigenvalue weighted by atomic mass is 10.1. The minimum absolute atomic E-state index is 0.127. The molecule has 18 heavy (non-hydrogen) atoms. The Morgan fingerprint density at radius 3 is 2.44 bits per heavy atom. The molecule has 3 atom stereocenters. The maximum atomic E-state index is 11.1. The van der Waals surface area contributed by atoms with E-state index in [0.717, 1.165) is 6.07 Å². The Bertz CT molecular complexity index is 457. The number of aliphatic hydroxyl groups is 4. The lowest BCUT2D eigenvalue weighted by Gasteiger charge is -2.23. The normalized spacial score (nSPS) is 16.3. The fourth-order valence-electron chi connectivity index (χ4n) is 1.53. The van der Waals surface area contributed by atoms with Crippen molar-refractivity contribution in [3.8, 4) is 5.75 Å². The van der Waals surface area contributed by atoms with Crippen molar-refractivity contribution in [2.24, 2.45) is 0 Å². The van der Waals surface area contributed by atoms with Gasteiger partial charge in [0.05, 0.1) is 18.8 Å². The molecule has 0 aliphatic heterocycles. The van der Waals surface area contributed by atoms with E-state index in [0.29, 0.717) is 0 Å². The molecular weight excluding hydrogens is 242 g/mol. The van der Waals surface area contributed by atoms with E-state index in [2.05, 4.69) is 0 Å². The highest BCUT2D eigenvalue weighted by molar-refractivity contribution is 5.25. The quantitative estimate of drug-likeness (QED) is 0.414. The van der Waals surface area contributed by atoms with Gasteiger partial charge in [0.1, 0.15) is 18.3 Å². The van der Waals surface area contributed by atoms with E-state index in [-0.39, 0.29) is 12.2 Å². The summed E-state index contributed by atoms with van der Waals surface area (Å²) in [7, 11) is 0. The van der Waals surface area contributed by atoms with Gasteiger partial charge in [-0.25, -0.2) is 0 Å². The Hall–Kier alpha value is -1.41. The second kappa shape index (κ2) is 5.96. The smallest absolute Gasteiger partial charge is 0.223 e. The molecule has 7 nitrogen and oxygen atoms in total. The molecule has 0 saturated heterocycles. The van der Waals surface area contributed by atoms with Crippen LogP contribution in [0.3, 0.4) is 0 Å². The van der Waals surface area contributed by atoms with Crippen LogP contribution in [-0.2, 0) is 6.54 Å². The average Bonchev–Trinajstić information content (AvgIpc) is 2.37. The Labute approximate surface area is 103 Å². The molecule has 1 rings (SSSR count). The van der Waals surface area contributed by atoms with Gasteiger partial charge in [0.25, 0.3) is 0 Å². The van der Waals surface area contributed by atoms with Crippen molar-refractivity contribution in [1.29, 1.82) is 0 Å². The SMILES string of the molecule is Cc1c(O)c(=O)ccn1CC(O)C(O)C(O)CO. The van der Waals surface area contributed by atoms with E-state index in [4.69, 9.17) is 5.11 Å². The van der Waals surface area contributed by atoms with Gasteiger partial charge in [-0.1, -0.05) is 0 Å². The van der Waals surface area contributed by atoms with Crippen LogP contribution in [0, 0.1) is 6.92 Å². The van der Waals surface area contributed by atoms with Crippen LogP contribution in [0.2, 0.25) is 0 Å². The van der Waals surface area contributed by atoms with Gasteiger partial charge in [0, 0.05) is 12.3 Å². The fourth-order valence-corrected chi connectivity index (χ4v) is 1.53. The van der Waals surface area contributed by atoms with Crippen molar-refractivity contribution < 1.29 is 25.5 Å². The first-order valence-corrected chi connectivity index (χ1v) is 5.42. The first-order chi connectivity index (χ1) is 8.38. The van der Waals surface area contributed by atoms with Crippen LogP contribution in [0.15, 0.2) is 17.1 Å². The summed E-state index contributed by atoms with van der Waals surface area (Å²) in [4.78, 5) is 11.1. The number of pyridine rings is 1. The number of rotatable bonds is 5. The maximum absolute atomic E-state index is 11.1. The van der Waals surface area contributed by atoms with Crippen LogP contribution >= 0.6 is 0 Å². The van der Waals surface area contributed by atoms with Crippen molar-refractivity contribution in [3.63, 3.8) is 0 Å². The van der Waals surface area contributed by atoms with Crippen LogP contribution in [-0.4, -0.2) is 55.0 Å². The predicted molar refractivity (Wildman–Crippen MR) is 62.2 cm³/mol. The van der Waals surface area contributed by atoms with Crippen molar-refractivity contribution in [2.75, 3.05) is 6.61 Å². The monoisotopic (exact) mass is 259 g/mol. The molecule has 0 fully saturated rings. The lowest BCUT2D eigenvalue weighted by molar-refractivity contribution is -0.0807. The molecule has 0 aliphatic rings. The van der Waals surface area contributed by atoms with Gasteiger partial charge in [-0.3, -0.25) is 4.79 Å². The second-order valence-corrected chi connectivity index (χ2v) is 4.07. The summed E-state index contributed by atoms with van der Waals surface area (Å²) in [6.45, 7) is 0.683. The van der Waals surface area contributed by atoms with Crippen molar-refractivity contribution in [2.45, 2.75) is 31.8 Å². The molecule has 0 aromatic carbocycles. The number of aliphatic hydroxyl groups excluding tert-OH is 4. The molecule has 102 valence electrons. The summed E-state index contributed by atoms with van der Waals surface area (Å²) in [5.41, 5.74) is -0.290. The summed E-state index contributed by atoms with van der Waals surface area (Å²) in [6.07, 6.45) is -2.95. The molecule has 5 N–H and O–H groups in total. The predicted octanol–water partition coefficient (Wildman–Crippen LogP) is -2.06. The molecular formula is C11H17NO6. The Morgan fingerprint density at radius 2 is 1.89 bits per heavy atom. The largest absolute Gasteiger partial charge is 0.503 e. The van der Waals surface area contributed by atoms with Crippen LogP contribution < -0.4 is 5.43 Å². The first-order valence-electron chi connectivity index (χ1n) is 5.42. The van der Waals surface area contributed by atoms with Gasteiger partial charge in [-0.15, -0.1) is 0 Å². The second-order valence-electron chi connectivity index (χ2n) is 4.07. The standard InChI is InChI=1S/C11H17NO6/c1-6-10(17)7(14)2-3-12(6)4-8(15)11(18)9(16)5-13/h2-3,8-9,11,13,15-18H,4-5H2,1H3. The Kier molecular flexibility index (Phi) is 4.85. The highest BCUT2D eigenvalue weighted by Crippen LogP contribution is 2.11. The van der Waals surface area contributed by atoms with Gasteiger partial charge in [0.2, 0.25) is 5.43 Å². The van der Waals surface area contributed by atoms with E-state index >= 15 is 0 Å². The summed E-state index contributed by atoms with van der Waals surface area (Å²) < 4.78 is 1.37. The zero-order chi connectivity index (χ0) is 13.9. The lowest BCUT2D eigenvalue weighted by Crippen LogP contribution is -2.41. The number of nitrogens with zero attached hydrogens (tertiary/aromatic N) is 1. The van der Waals surface area contributed by atoms with Crippen molar-refractivity contribution in [3.05, 3.63) is 28.2 Å². The van der Waals surface area contributed by atoms with E-state index in [1.165, 1.54) is 17.7 Å². The average molecular weight is 259 g/mol. The number of hydrogen-bond acceptors (Lipinski definition) is 6. The van der Waals surface area contributed by atoms with Crippen LogP contribution in [0.4, 0.5) is 0 Å². The minimum atomic E-state index is -1.52. The third kappa shape index (κ3) is 3.08. The fraction of sp³-hybridized carbons (Fsp3) is 0.545. The molecule has 1 aromatic heterocycles. The highest BCUT2D eigenvalue weighted by atomic mass is 16.4. The molecule has 0 bridgehead atoms. The molecule has 7 heteroatoms. The zero-order valence-electron chi connectivity index (χ0n) is 9.89. The third-order valence-corrected chi connectivity index (χ3v) is 2.77. The van der Waals surface area contributed by atoms with Crippen LogP contribution in [0.25, 0.3) is 0 Å². The van der Waals surface area contributed by atoms with Crippen LogP contribution in [0.5, 0.6) is 5.75 Å². The first kappa shape index (κ1) is 14.7. The van der Waals surface area contributed by atoms with E-state index in [1.54, 1.807) is 0 Å².